The predicted octanol–water partition coefficient (Wildman–Crippen LogP) is -0.679. The van der Waals surface area contributed by atoms with Gasteiger partial charge in [-0.3, -0.25) is 18.7 Å². The number of aliphatic hydroxyl groups excluding tert-OH is 1. The van der Waals surface area contributed by atoms with E-state index in [-0.39, 0.29) is 36.4 Å². The van der Waals surface area contributed by atoms with Crippen LogP contribution in [0.25, 0.3) is 11.2 Å². The van der Waals surface area contributed by atoms with Gasteiger partial charge in [0, 0.05) is 40.8 Å². The second kappa shape index (κ2) is 7.00. The summed E-state index contributed by atoms with van der Waals surface area (Å²) < 4.78 is 41.2. The summed E-state index contributed by atoms with van der Waals surface area (Å²) in [6.45, 7) is -2.12. The minimum atomic E-state index is -2.67. The van der Waals surface area contributed by atoms with E-state index in [2.05, 4.69) is 4.98 Å². The molecule has 1 N–H and O–H groups in total. The Hall–Kier alpha value is -2.42. The lowest BCUT2D eigenvalue weighted by molar-refractivity contribution is -0.133. The summed E-state index contributed by atoms with van der Waals surface area (Å²) in [5, 5.41) is 8.96. The first-order valence-electron chi connectivity index (χ1n) is 9.80. The third-order valence-electron chi connectivity index (χ3n) is 3.70. The van der Waals surface area contributed by atoms with Crippen LogP contribution in [0.4, 0.5) is 0 Å². The van der Waals surface area contributed by atoms with Gasteiger partial charge in [-0.05, 0) is 19.8 Å². The van der Waals surface area contributed by atoms with Crippen LogP contribution in [0.15, 0.2) is 9.59 Å². The first-order chi connectivity index (χ1) is 13.2. The molecule has 0 aliphatic carbocycles. The van der Waals surface area contributed by atoms with Crippen LogP contribution in [0, 0.1) is 6.92 Å². The van der Waals surface area contributed by atoms with Crippen molar-refractivity contribution in [1.29, 1.82) is 0 Å². The van der Waals surface area contributed by atoms with E-state index in [1.54, 1.807) is 0 Å². The number of carbonyl (C=O) groups is 1. The fourth-order valence-corrected chi connectivity index (χ4v) is 2.26. The SMILES string of the molecule is [2H]C([2H])(CCCn1c(=O)c2c(nc(C)n2C([2H])([2H])[2H])n(C)c1=O)C(=O)N(C)CO. The topological polar surface area (TPSA) is 102 Å². The number of aliphatic hydroxyl groups is 1. The molecule has 0 saturated carbocycles. The van der Waals surface area contributed by atoms with Gasteiger partial charge in [0.1, 0.15) is 12.6 Å². The van der Waals surface area contributed by atoms with Crippen molar-refractivity contribution in [2.45, 2.75) is 32.7 Å². The summed E-state index contributed by atoms with van der Waals surface area (Å²) in [6.07, 6.45) is -2.64. The Bertz CT molecular complexity index is 1050. The summed E-state index contributed by atoms with van der Waals surface area (Å²) >= 11 is 0. The molecular weight excluding hydrogens is 314 g/mol. The van der Waals surface area contributed by atoms with Crippen LogP contribution in [-0.2, 0) is 25.4 Å². The third-order valence-corrected chi connectivity index (χ3v) is 3.70. The van der Waals surface area contributed by atoms with E-state index in [1.165, 1.54) is 21.0 Å². The van der Waals surface area contributed by atoms with Crippen molar-refractivity contribution >= 4 is 17.1 Å². The highest BCUT2D eigenvalue weighted by Crippen LogP contribution is 2.08. The lowest BCUT2D eigenvalue weighted by Gasteiger charge is -2.13. The standard InChI is InChI=1S/C15H23N5O4/c1-10-16-13-12(18(10)3)14(23)20(15(24)19(13)4)8-6-5-7-11(22)17(2)9-21/h21H,5-9H2,1-4H3/i3D3,7D2. The van der Waals surface area contributed by atoms with Gasteiger partial charge in [0.25, 0.3) is 5.56 Å². The molecule has 0 aromatic carbocycles. The molecular formula is C15H23N5O4. The number of imidazole rings is 1. The first-order valence-corrected chi connectivity index (χ1v) is 7.30. The molecule has 0 fully saturated rings. The van der Waals surface area contributed by atoms with Crippen LogP contribution < -0.4 is 11.2 Å². The third kappa shape index (κ3) is 3.12. The average Bonchev–Trinajstić information content (AvgIpc) is 2.99. The smallest absolute Gasteiger partial charge is 0.332 e. The maximum absolute atomic E-state index is 12.9. The van der Waals surface area contributed by atoms with E-state index >= 15 is 0 Å². The van der Waals surface area contributed by atoms with E-state index in [4.69, 9.17) is 12.0 Å². The van der Waals surface area contributed by atoms with E-state index in [0.29, 0.717) is 0 Å². The van der Waals surface area contributed by atoms with Crippen molar-refractivity contribution in [3.63, 3.8) is 0 Å². The maximum atomic E-state index is 12.9. The van der Waals surface area contributed by atoms with Crippen molar-refractivity contribution in [2.24, 2.45) is 14.0 Å². The quantitative estimate of drug-likeness (QED) is 0.701. The monoisotopic (exact) mass is 342 g/mol. The Morgan fingerprint density at radius 3 is 2.71 bits per heavy atom. The largest absolute Gasteiger partial charge is 0.376 e. The molecule has 0 atom stereocenters. The molecule has 24 heavy (non-hydrogen) atoms. The van der Waals surface area contributed by atoms with Gasteiger partial charge in [-0.2, -0.15) is 0 Å². The minimum absolute atomic E-state index is 0.0421. The predicted molar refractivity (Wildman–Crippen MR) is 88.7 cm³/mol. The Morgan fingerprint density at radius 1 is 1.38 bits per heavy atom. The number of aryl methyl sites for hydroxylation is 3. The highest BCUT2D eigenvalue weighted by atomic mass is 16.3. The number of hydrogen-bond acceptors (Lipinski definition) is 5. The molecule has 0 unspecified atom stereocenters. The van der Waals surface area contributed by atoms with Crippen LogP contribution >= 0.6 is 0 Å². The van der Waals surface area contributed by atoms with Crippen LogP contribution in [0.1, 0.15) is 31.9 Å². The van der Waals surface area contributed by atoms with Gasteiger partial charge in [0.2, 0.25) is 5.91 Å². The summed E-state index contributed by atoms with van der Waals surface area (Å²) in [7, 11) is 2.60. The minimum Gasteiger partial charge on any atom is -0.376 e. The van der Waals surface area contributed by atoms with Crippen LogP contribution in [0.2, 0.25) is 0 Å². The molecule has 2 rings (SSSR count). The van der Waals surface area contributed by atoms with E-state index in [1.807, 2.05) is 0 Å². The van der Waals surface area contributed by atoms with Gasteiger partial charge in [0.05, 0.1) is 0 Å². The Labute approximate surface area is 145 Å². The zero-order chi connectivity index (χ0) is 22.3. The van der Waals surface area contributed by atoms with Crippen LogP contribution in [0.3, 0.4) is 0 Å². The fraction of sp³-hybridized carbons (Fsp3) is 0.600. The zero-order valence-corrected chi connectivity index (χ0v) is 13.7. The second-order valence-corrected chi connectivity index (χ2v) is 5.39. The summed E-state index contributed by atoms with van der Waals surface area (Å²) in [5.74, 6) is -0.870. The van der Waals surface area contributed by atoms with Crippen molar-refractivity contribution in [3.05, 3.63) is 26.7 Å². The van der Waals surface area contributed by atoms with E-state index < -0.39 is 37.2 Å². The highest BCUT2D eigenvalue weighted by molar-refractivity contribution is 5.75. The number of amides is 1. The van der Waals surface area contributed by atoms with Crippen molar-refractivity contribution < 1.29 is 16.8 Å². The van der Waals surface area contributed by atoms with Gasteiger partial charge < -0.3 is 14.6 Å². The summed E-state index contributed by atoms with van der Waals surface area (Å²) in [4.78, 5) is 42.2. The van der Waals surface area contributed by atoms with Gasteiger partial charge in [0.15, 0.2) is 11.2 Å². The molecule has 0 saturated heterocycles. The summed E-state index contributed by atoms with van der Waals surface area (Å²) in [6, 6.07) is 0. The molecule has 2 aromatic rings. The van der Waals surface area contributed by atoms with Crippen molar-refractivity contribution in [3.8, 4) is 0 Å². The fourth-order valence-electron chi connectivity index (χ4n) is 2.26. The zero-order valence-electron chi connectivity index (χ0n) is 18.7. The van der Waals surface area contributed by atoms with Gasteiger partial charge in [-0.1, -0.05) is 0 Å². The molecule has 0 aliphatic heterocycles. The Balaban J connectivity index is 2.44. The number of fused-ring (bicyclic) bond motifs is 1. The molecule has 9 heteroatoms. The molecule has 132 valence electrons. The lowest BCUT2D eigenvalue weighted by atomic mass is 10.2. The molecule has 0 bridgehead atoms. The van der Waals surface area contributed by atoms with Crippen molar-refractivity contribution in [2.75, 3.05) is 13.8 Å². The normalized spacial score (nSPS) is 15.4. The average molecular weight is 342 g/mol. The number of hydrogen-bond donors (Lipinski definition) is 1. The number of nitrogens with zero attached hydrogens (tertiary/aromatic N) is 5. The van der Waals surface area contributed by atoms with E-state index in [9.17, 15) is 14.4 Å². The van der Waals surface area contributed by atoms with Crippen molar-refractivity contribution in [1.82, 2.24) is 23.6 Å². The second-order valence-electron chi connectivity index (χ2n) is 5.39. The van der Waals surface area contributed by atoms with Crippen LogP contribution in [0.5, 0.6) is 0 Å². The van der Waals surface area contributed by atoms with Crippen LogP contribution in [-0.4, -0.2) is 48.4 Å². The number of aromatic nitrogens is 4. The molecule has 2 aromatic heterocycles. The van der Waals surface area contributed by atoms with Gasteiger partial charge in [-0.25, -0.2) is 9.78 Å². The molecule has 9 nitrogen and oxygen atoms in total. The Kier molecular flexibility index (Phi) is 3.50. The lowest BCUT2D eigenvalue weighted by Crippen LogP contribution is -2.39. The Morgan fingerprint density at radius 2 is 2.08 bits per heavy atom. The molecule has 0 spiro atoms. The van der Waals surface area contributed by atoms with Gasteiger partial charge >= 0.3 is 5.69 Å². The number of carbonyl (C=O) groups excluding carboxylic acids is 1. The molecule has 2 heterocycles. The highest BCUT2D eigenvalue weighted by Gasteiger charge is 2.16. The molecule has 0 radical (unpaired) electrons. The molecule has 1 amide bonds. The first kappa shape index (κ1) is 12.0. The maximum Gasteiger partial charge on any atom is 0.332 e. The molecule has 0 aliphatic rings. The van der Waals surface area contributed by atoms with E-state index in [0.717, 1.165) is 18.6 Å². The number of rotatable bonds is 6. The summed E-state index contributed by atoms with van der Waals surface area (Å²) in [5.41, 5.74) is -1.88. The van der Waals surface area contributed by atoms with Gasteiger partial charge in [-0.15, -0.1) is 0 Å².